The molecule has 54 heavy (non-hydrogen) atoms. The van der Waals surface area contributed by atoms with E-state index < -0.39 is 0 Å². The summed E-state index contributed by atoms with van der Waals surface area (Å²) in [6, 6.07) is 62.3. The van der Waals surface area contributed by atoms with Crippen LogP contribution in [0.25, 0.3) is 78.7 Å². The largest absolute Gasteiger partial charge is 0.386 e. The van der Waals surface area contributed by atoms with Crippen LogP contribution in [0, 0.1) is 0 Å². The van der Waals surface area contributed by atoms with Crippen molar-refractivity contribution in [2.45, 2.75) is 0 Å². The van der Waals surface area contributed by atoms with E-state index in [2.05, 4.69) is 121 Å². The smallest absolute Gasteiger partial charge is 0.0900 e. The van der Waals surface area contributed by atoms with E-state index in [1.807, 2.05) is 79.0 Å². The molecule has 9 rings (SSSR count). The minimum Gasteiger partial charge on any atom is -0.386 e. The quantitative estimate of drug-likeness (QED) is 0.172. The second-order valence-electron chi connectivity index (χ2n) is 13.2. The molecule has 8 aromatic rings. The van der Waals surface area contributed by atoms with Crippen molar-refractivity contribution in [3.05, 3.63) is 206 Å². The number of pyridine rings is 4. The third kappa shape index (κ3) is 6.99. The standard InChI is InChI=1S/C49H35N5/c1-5-15-34(16-6-1)38-28-46(36-19-9-3-10-20-36)53-48(30-38)44-25-13-23-42(51-44)40-27-41(33-50-32-40)43-24-14-26-45(52-43)49-31-39(35-17-7-2-8-18-35)29-47(54-49)37-21-11-4-12-22-37/h1-32,50H,33H2. The van der Waals surface area contributed by atoms with Gasteiger partial charge in [0.25, 0.3) is 0 Å². The molecule has 4 aromatic carbocycles. The van der Waals surface area contributed by atoms with Gasteiger partial charge in [-0.15, -0.1) is 0 Å². The summed E-state index contributed by atoms with van der Waals surface area (Å²) in [5, 5.41) is 3.48. The second kappa shape index (κ2) is 14.8. The van der Waals surface area contributed by atoms with Gasteiger partial charge in [-0.05, 0) is 82.4 Å². The maximum atomic E-state index is 5.18. The van der Waals surface area contributed by atoms with Crippen LogP contribution in [0.3, 0.4) is 0 Å². The van der Waals surface area contributed by atoms with E-state index >= 15 is 0 Å². The first-order chi connectivity index (χ1) is 26.7. The van der Waals surface area contributed by atoms with Crippen LogP contribution < -0.4 is 5.32 Å². The molecule has 0 amide bonds. The zero-order valence-corrected chi connectivity index (χ0v) is 29.5. The van der Waals surface area contributed by atoms with Gasteiger partial charge in [-0.3, -0.25) is 0 Å². The topological polar surface area (TPSA) is 63.6 Å². The predicted octanol–water partition coefficient (Wildman–Crippen LogP) is 11.3. The number of aromatic nitrogens is 4. The molecule has 1 N–H and O–H groups in total. The van der Waals surface area contributed by atoms with E-state index in [4.69, 9.17) is 19.9 Å². The molecule has 4 aromatic heterocycles. The summed E-state index contributed by atoms with van der Waals surface area (Å²) < 4.78 is 0. The number of dihydropyridines is 1. The molecule has 0 fully saturated rings. The van der Waals surface area contributed by atoms with Gasteiger partial charge in [0.05, 0.1) is 45.6 Å². The Labute approximate surface area is 315 Å². The van der Waals surface area contributed by atoms with Gasteiger partial charge in [-0.2, -0.15) is 0 Å². The molecule has 256 valence electrons. The van der Waals surface area contributed by atoms with Crippen molar-refractivity contribution in [3.63, 3.8) is 0 Å². The van der Waals surface area contributed by atoms with Crippen molar-refractivity contribution in [1.29, 1.82) is 0 Å². The molecule has 5 heteroatoms. The Hall–Kier alpha value is -7.24. The summed E-state index contributed by atoms with van der Waals surface area (Å²) in [5.41, 5.74) is 15.5. The highest BCUT2D eigenvalue weighted by Gasteiger charge is 2.16. The molecule has 0 saturated carbocycles. The van der Waals surface area contributed by atoms with Gasteiger partial charge >= 0.3 is 0 Å². The summed E-state index contributed by atoms with van der Waals surface area (Å²) in [7, 11) is 0. The Morgan fingerprint density at radius 3 is 1.20 bits per heavy atom. The van der Waals surface area contributed by atoms with E-state index in [0.29, 0.717) is 6.54 Å². The average Bonchev–Trinajstić information content (AvgIpc) is 3.27. The molecule has 5 nitrogen and oxygen atoms in total. The number of rotatable bonds is 8. The van der Waals surface area contributed by atoms with Crippen molar-refractivity contribution in [1.82, 2.24) is 25.3 Å². The van der Waals surface area contributed by atoms with Crippen LogP contribution in [0.5, 0.6) is 0 Å². The molecule has 0 unspecified atom stereocenters. The van der Waals surface area contributed by atoms with Crippen molar-refractivity contribution in [3.8, 4) is 67.5 Å². The van der Waals surface area contributed by atoms with E-state index in [-0.39, 0.29) is 0 Å². The lowest BCUT2D eigenvalue weighted by molar-refractivity contribution is 0.979. The van der Waals surface area contributed by atoms with Crippen LogP contribution in [-0.4, -0.2) is 26.5 Å². The molecule has 1 aliphatic heterocycles. The van der Waals surface area contributed by atoms with Crippen molar-refractivity contribution in [2.24, 2.45) is 0 Å². The van der Waals surface area contributed by atoms with Gasteiger partial charge < -0.3 is 5.32 Å². The first-order valence-electron chi connectivity index (χ1n) is 18.1. The number of benzene rings is 4. The Morgan fingerprint density at radius 1 is 0.315 bits per heavy atom. The van der Waals surface area contributed by atoms with Gasteiger partial charge in [0.15, 0.2) is 0 Å². The van der Waals surface area contributed by atoms with Crippen LogP contribution >= 0.6 is 0 Å². The molecule has 0 atom stereocenters. The summed E-state index contributed by atoms with van der Waals surface area (Å²) in [6.07, 6.45) is 4.21. The Bertz CT molecular complexity index is 2520. The Kier molecular flexibility index (Phi) is 8.94. The zero-order chi connectivity index (χ0) is 36.1. The van der Waals surface area contributed by atoms with E-state index in [1.165, 1.54) is 0 Å². The van der Waals surface area contributed by atoms with Crippen LogP contribution in [-0.2, 0) is 0 Å². The van der Waals surface area contributed by atoms with Gasteiger partial charge in [0.2, 0.25) is 0 Å². The molecule has 0 spiro atoms. The lowest BCUT2D eigenvalue weighted by atomic mass is 10.00. The molecule has 5 heterocycles. The van der Waals surface area contributed by atoms with Crippen LogP contribution in [0.2, 0.25) is 0 Å². The summed E-state index contributed by atoms with van der Waals surface area (Å²) in [6.45, 7) is 0.646. The van der Waals surface area contributed by atoms with Crippen LogP contribution in [0.1, 0.15) is 11.4 Å². The van der Waals surface area contributed by atoms with Crippen LogP contribution in [0.4, 0.5) is 0 Å². The molecular formula is C49H35N5. The molecule has 0 aliphatic carbocycles. The fourth-order valence-corrected chi connectivity index (χ4v) is 6.79. The summed E-state index contributed by atoms with van der Waals surface area (Å²) >= 11 is 0. The van der Waals surface area contributed by atoms with Crippen molar-refractivity contribution in [2.75, 3.05) is 6.54 Å². The van der Waals surface area contributed by atoms with Crippen molar-refractivity contribution >= 4 is 11.1 Å². The number of hydrogen-bond donors (Lipinski definition) is 1. The highest BCUT2D eigenvalue weighted by atomic mass is 14.9. The van der Waals surface area contributed by atoms with Gasteiger partial charge in [0, 0.05) is 29.4 Å². The minimum atomic E-state index is 0.646. The van der Waals surface area contributed by atoms with E-state index in [9.17, 15) is 0 Å². The molecule has 0 radical (unpaired) electrons. The van der Waals surface area contributed by atoms with Crippen LogP contribution in [0.15, 0.2) is 194 Å². The normalized spacial score (nSPS) is 12.4. The number of allylic oxidation sites excluding steroid dienone is 2. The Balaban J connectivity index is 1.06. The fourth-order valence-electron chi connectivity index (χ4n) is 6.79. The molecule has 0 bridgehead atoms. The average molecular weight is 694 g/mol. The monoisotopic (exact) mass is 693 g/mol. The van der Waals surface area contributed by atoms with Gasteiger partial charge in [-0.1, -0.05) is 133 Å². The maximum Gasteiger partial charge on any atom is 0.0900 e. The number of nitrogens with one attached hydrogen (secondary N) is 1. The highest BCUT2D eigenvalue weighted by molar-refractivity contribution is 5.86. The summed E-state index contributed by atoms with van der Waals surface area (Å²) in [5.74, 6) is 0. The first kappa shape index (κ1) is 32.7. The highest BCUT2D eigenvalue weighted by Crippen LogP contribution is 2.33. The first-order valence-corrected chi connectivity index (χ1v) is 18.1. The zero-order valence-electron chi connectivity index (χ0n) is 29.5. The van der Waals surface area contributed by atoms with E-state index in [0.717, 1.165) is 90.1 Å². The lowest BCUT2D eigenvalue weighted by Crippen LogP contribution is -2.15. The summed E-state index contributed by atoms with van der Waals surface area (Å²) in [4.78, 5) is 20.6. The van der Waals surface area contributed by atoms with E-state index in [1.54, 1.807) is 0 Å². The fraction of sp³-hybridized carbons (Fsp3) is 0.0204. The maximum absolute atomic E-state index is 5.18. The lowest BCUT2D eigenvalue weighted by Gasteiger charge is -2.17. The van der Waals surface area contributed by atoms with Gasteiger partial charge in [0.1, 0.15) is 0 Å². The number of nitrogens with zero attached hydrogens (tertiary/aromatic N) is 4. The predicted molar refractivity (Wildman–Crippen MR) is 221 cm³/mol. The van der Waals surface area contributed by atoms with Gasteiger partial charge in [-0.25, -0.2) is 19.9 Å². The third-order valence-corrected chi connectivity index (χ3v) is 9.53. The molecule has 1 aliphatic rings. The van der Waals surface area contributed by atoms with Crippen molar-refractivity contribution < 1.29 is 0 Å². The third-order valence-electron chi connectivity index (χ3n) is 9.53. The Morgan fingerprint density at radius 2 is 0.704 bits per heavy atom. The second-order valence-corrected chi connectivity index (χ2v) is 13.2. The minimum absolute atomic E-state index is 0.646. The SMILES string of the molecule is C1=C(c2cccc(-c3cc(-c4ccccc4)cc(-c4ccccc4)n3)n2)C=C(c2cccc(-c3cc(-c4ccccc4)cc(-c4ccccc4)n3)n2)CN1. The number of hydrogen-bond acceptors (Lipinski definition) is 5. The molecule has 0 saturated heterocycles. The molecular weight excluding hydrogens is 659 g/mol.